The molecule has 7 nitrogen and oxygen atoms in total. The molecule has 1 heterocycles. The van der Waals surface area contributed by atoms with E-state index in [4.69, 9.17) is 15.3 Å². The minimum atomic E-state index is -1.13. The first kappa shape index (κ1) is 14.4. The monoisotopic (exact) mass is 259 g/mol. The Hall–Kier alpha value is -1.63. The smallest absolute Gasteiger partial charge is 0.326 e. The summed E-state index contributed by atoms with van der Waals surface area (Å²) in [6.07, 6.45) is 0.361. The fraction of sp³-hybridized carbons (Fsp3) is 0.727. The third-order valence-electron chi connectivity index (χ3n) is 3.03. The summed E-state index contributed by atoms with van der Waals surface area (Å²) in [7, 11) is 0. The number of amides is 1. The first-order valence-corrected chi connectivity index (χ1v) is 5.80. The fourth-order valence-electron chi connectivity index (χ4n) is 2.09. The summed E-state index contributed by atoms with van der Waals surface area (Å²) in [6.45, 7) is 0.0725. The number of hydrogen-bond acceptors (Lipinski definition) is 4. The quantitative estimate of drug-likeness (QED) is 0.569. The summed E-state index contributed by atoms with van der Waals surface area (Å²) >= 11 is 0. The predicted octanol–water partition coefficient (Wildman–Crippen LogP) is -0.465. The average Bonchev–Trinajstić information content (AvgIpc) is 2.65. The number of aliphatic hydroxyl groups is 1. The van der Waals surface area contributed by atoms with E-state index in [0.717, 1.165) is 0 Å². The summed E-state index contributed by atoms with van der Waals surface area (Å²) in [4.78, 5) is 34.3. The van der Waals surface area contributed by atoms with Crippen LogP contribution in [0.5, 0.6) is 0 Å². The molecule has 1 aliphatic rings. The van der Waals surface area contributed by atoms with Crippen molar-refractivity contribution in [3.05, 3.63) is 0 Å². The first-order chi connectivity index (χ1) is 8.45. The van der Waals surface area contributed by atoms with Crippen molar-refractivity contribution < 1.29 is 29.7 Å². The van der Waals surface area contributed by atoms with Crippen LogP contribution in [0.1, 0.15) is 25.7 Å². The van der Waals surface area contributed by atoms with Crippen molar-refractivity contribution >= 4 is 17.8 Å². The second kappa shape index (κ2) is 6.34. The lowest BCUT2D eigenvalue weighted by Crippen LogP contribution is -2.42. The lowest BCUT2D eigenvalue weighted by Gasteiger charge is -2.24. The Kier molecular flexibility index (Phi) is 5.08. The van der Waals surface area contributed by atoms with Gasteiger partial charge in [-0.05, 0) is 12.8 Å². The molecule has 0 bridgehead atoms. The molecule has 102 valence electrons. The molecule has 3 N–H and O–H groups in total. The van der Waals surface area contributed by atoms with Crippen LogP contribution in [0, 0.1) is 5.92 Å². The van der Waals surface area contributed by atoms with E-state index in [9.17, 15) is 14.4 Å². The molecule has 18 heavy (non-hydrogen) atoms. The molecular weight excluding hydrogens is 242 g/mol. The van der Waals surface area contributed by atoms with Crippen molar-refractivity contribution in [2.24, 2.45) is 5.92 Å². The topological polar surface area (TPSA) is 115 Å². The second-order valence-corrected chi connectivity index (χ2v) is 4.44. The van der Waals surface area contributed by atoms with E-state index in [0.29, 0.717) is 0 Å². The van der Waals surface area contributed by atoms with Gasteiger partial charge in [-0.3, -0.25) is 9.59 Å². The summed E-state index contributed by atoms with van der Waals surface area (Å²) in [6, 6.07) is -0.992. The zero-order valence-electron chi connectivity index (χ0n) is 9.91. The third-order valence-corrected chi connectivity index (χ3v) is 3.03. The molecule has 0 aromatic heterocycles. The molecule has 0 radical (unpaired) electrons. The minimum absolute atomic E-state index is 0.116. The van der Waals surface area contributed by atoms with E-state index in [1.807, 2.05) is 0 Å². The van der Waals surface area contributed by atoms with Gasteiger partial charge in [-0.25, -0.2) is 4.79 Å². The number of carboxylic acids is 2. The lowest BCUT2D eigenvalue weighted by molar-refractivity contribution is -0.149. The molecule has 1 rings (SSSR count). The van der Waals surface area contributed by atoms with Gasteiger partial charge >= 0.3 is 11.9 Å². The Balaban J connectivity index is 2.59. The fourth-order valence-corrected chi connectivity index (χ4v) is 2.09. The summed E-state index contributed by atoms with van der Waals surface area (Å²) < 4.78 is 0. The molecule has 0 saturated carbocycles. The molecule has 0 spiro atoms. The molecule has 1 aliphatic heterocycles. The van der Waals surface area contributed by atoms with Crippen molar-refractivity contribution in [3.63, 3.8) is 0 Å². The van der Waals surface area contributed by atoms with Gasteiger partial charge in [-0.2, -0.15) is 0 Å². The molecular formula is C11H17NO6. The third kappa shape index (κ3) is 3.69. The van der Waals surface area contributed by atoms with Crippen LogP contribution in [0.15, 0.2) is 0 Å². The predicted molar refractivity (Wildman–Crippen MR) is 59.8 cm³/mol. The van der Waals surface area contributed by atoms with Crippen LogP contribution in [-0.2, 0) is 14.4 Å². The highest BCUT2D eigenvalue weighted by atomic mass is 16.4. The van der Waals surface area contributed by atoms with Crippen molar-refractivity contribution in [1.82, 2.24) is 4.90 Å². The van der Waals surface area contributed by atoms with Crippen molar-refractivity contribution in [2.45, 2.75) is 31.7 Å². The number of rotatable bonds is 7. The van der Waals surface area contributed by atoms with Crippen molar-refractivity contribution in [3.8, 4) is 0 Å². The zero-order chi connectivity index (χ0) is 13.7. The van der Waals surface area contributed by atoms with Crippen molar-refractivity contribution in [2.75, 3.05) is 13.2 Å². The maximum Gasteiger partial charge on any atom is 0.326 e. The van der Waals surface area contributed by atoms with Gasteiger partial charge in [-0.15, -0.1) is 0 Å². The lowest BCUT2D eigenvalue weighted by atomic mass is 10.1. The summed E-state index contributed by atoms with van der Waals surface area (Å²) in [5.41, 5.74) is 0. The number of aliphatic carboxylic acids is 2. The zero-order valence-corrected chi connectivity index (χ0v) is 9.91. The highest BCUT2D eigenvalue weighted by Crippen LogP contribution is 2.22. The van der Waals surface area contributed by atoms with Crippen LogP contribution in [0.3, 0.4) is 0 Å². The number of carbonyl (C=O) groups excluding carboxylic acids is 1. The van der Waals surface area contributed by atoms with Gasteiger partial charge in [0.2, 0.25) is 5.91 Å². The molecule has 1 fully saturated rings. The average molecular weight is 259 g/mol. The van der Waals surface area contributed by atoms with Gasteiger partial charge in [0.25, 0.3) is 0 Å². The molecule has 1 saturated heterocycles. The highest BCUT2D eigenvalue weighted by molar-refractivity contribution is 5.85. The van der Waals surface area contributed by atoms with E-state index >= 15 is 0 Å². The molecule has 1 amide bonds. The van der Waals surface area contributed by atoms with E-state index in [2.05, 4.69) is 0 Å². The molecule has 7 heteroatoms. The van der Waals surface area contributed by atoms with Crippen LogP contribution >= 0.6 is 0 Å². The van der Waals surface area contributed by atoms with E-state index < -0.39 is 18.0 Å². The molecule has 0 aromatic rings. The van der Waals surface area contributed by atoms with Crippen molar-refractivity contribution in [1.29, 1.82) is 0 Å². The Morgan fingerprint density at radius 2 is 2.06 bits per heavy atom. The van der Waals surface area contributed by atoms with Crippen LogP contribution in [0.4, 0.5) is 0 Å². The number of nitrogens with zero attached hydrogens (tertiary/aromatic N) is 1. The summed E-state index contributed by atoms with van der Waals surface area (Å²) in [5.74, 6) is -2.64. The van der Waals surface area contributed by atoms with Crippen LogP contribution in [-0.4, -0.2) is 57.3 Å². The number of hydrogen-bond donors (Lipinski definition) is 3. The number of carbonyl (C=O) groups is 3. The van der Waals surface area contributed by atoms with Gasteiger partial charge in [0.15, 0.2) is 0 Å². The summed E-state index contributed by atoms with van der Waals surface area (Å²) in [5, 5.41) is 26.5. The largest absolute Gasteiger partial charge is 0.481 e. The SMILES string of the molecule is O=C(O)CCC[C@H](C(=O)O)N1CC(CO)CC1=O. The normalized spacial score (nSPS) is 21.1. The molecule has 0 aromatic carbocycles. The van der Waals surface area contributed by atoms with Gasteiger partial charge < -0.3 is 20.2 Å². The van der Waals surface area contributed by atoms with E-state index in [-0.39, 0.29) is 50.7 Å². The number of likely N-dealkylation sites (tertiary alicyclic amines) is 1. The molecule has 0 aliphatic carbocycles. The Labute approximate surface area is 104 Å². The Morgan fingerprint density at radius 3 is 2.50 bits per heavy atom. The number of aliphatic hydroxyl groups excluding tert-OH is 1. The molecule has 2 atom stereocenters. The van der Waals surface area contributed by atoms with Crippen LogP contribution in [0.25, 0.3) is 0 Å². The second-order valence-electron chi connectivity index (χ2n) is 4.44. The van der Waals surface area contributed by atoms with Gasteiger partial charge in [-0.1, -0.05) is 0 Å². The number of carboxylic acid groups (broad SMARTS) is 2. The van der Waals surface area contributed by atoms with Gasteiger partial charge in [0.1, 0.15) is 6.04 Å². The Morgan fingerprint density at radius 1 is 1.39 bits per heavy atom. The minimum Gasteiger partial charge on any atom is -0.481 e. The highest BCUT2D eigenvalue weighted by Gasteiger charge is 2.36. The van der Waals surface area contributed by atoms with Crippen LogP contribution in [0.2, 0.25) is 0 Å². The molecule has 1 unspecified atom stereocenters. The van der Waals surface area contributed by atoms with E-state index in [1.165, 1.54) is 4.90 Å². The first-order valence-electron chi connectivity index (χ1n) is 5.80. The van der Waals surface area contributed by atoms with E-state index in [1.54, 1.807) is 0 Å². The maximum atomic E-state index is 11.6. The van der Waals surface area contributed by atoms with Crippen LogP contribution < -0.4 is 0 Å². The standard InChI is InChI=1S/C11H17NO6/c13-6-7-4-9(14)12(5-7)8(11(17)18)2-1-3-10(15)16/h7-8,13H,1-6H2,(H,15,16)(H,17,18)/t7?,8-/m1/s1. The van der Waals surface area contributed by atoms with Gasteiger partial charge in [0.05, 0.1) is 0 Å². The maximum absolute atomic E-state index is 11.6. The Bertz CT molecular complexity index is 342. The van der Waals surface area contributed by atoms with Gasteiger partial charge in [0, 0.05) is 31.9 Å².